The first-order chi connectivity index (χ1) is 13.4. The fraction of sp³-hybridized carbons (Fsp3) is 0.333. The van der Waals surface area contributed by atoms with E-state index in [4.69, 9.17) is 9.47 Å². The van der Waals surface area contributed by atoms with Gasteiger partial charge in [0.1, 0.15) is 6.10 Å². The Bertz CT molecular complexity index is 1260. The van der Waals surface area contributed by atoms with E-state index in [1.165, 1.54) is 17.9 Å². The van der Waals surface area contributed by atoms with Crippen molar-refractivity contribution in [2.75, 3.05) is 11.9 Å². The molecule has 2 atom stereocenters. The molecule has 1 aromatic carbocycles. The van der Waals surface area contributed by atoms with Gasteiger partial charge in [0.2, 0.25) is 0 Å². The van der Waals surface area contributed by atoms with Gasteiger partial charge in [-0.3, -0.25) is 18.7 Å². The summed E-state index contributed by atoms with van der Waals surface area (Å²) in [5.41, 5.74) is 1.01. The number of carbonyl (C=O) groups excluding carboxylic acids is 1. The summed E-state index contributed by atoms with van der Waals surface area (Å²) < 4.78 is 15.8. The number of amides is 1. The topological polar surface area (TPSA) is 109 Å². The number of nitrogens with one attached hydrogen (secondary N) is 1. The fourth-order valence-corrected chi connectivity index (χ4v) is 3.82. The number of rotatable bonds is 2. The van der Waals surface area contributed by atoms with Crippen LogP contribution < -0.4 is 16.6 Å². The summed E-state index contributed by atoms with van der Waals surface area (Å²) in [7, 11) is 2.98. The second-order valence-electron chi connectivity index (χ2n) is 6.94. The third kappa shape index (κ3) is 2.09. The number of anilines is 1. The number of nitrogens with zero attached hydrogens (tertiary/aromatic N) is 4. The van der Waals surface area contributed by atoms with Gasteiger partial charge in [0.15, 0.2) is 11.2 Å². The minimum absolute atomic E-state index is 0.174. The number of fused-ring (bicyclic) bond motifs is 3. The Morgan fingerprint density at radius 2 is 2.00 bits per heavy atom. The summed E-state index contributed by atoms with van der Waals surface area (Å²) in [5.74, 6) is -1.85. The Morgan fingerprint density at radius 3 is 2.82 bits per heavy atom. The average molecular weight is 383 g/mol. The van der Waals surface area contributed by atoms with E-state index in [-0.39, 0.29) is 19.1 Å². The predicted molar refractivity (Wildman–Crippen MR) is 97.8 cm³/mol. The molecule has 2 aliphatic rings. The molecule has 5 rings (SSSR count). The van der Waals surface area contributed by atoms with Crippen LogP contribution in [0.2, 0.25) is 0 Å². The van der Waals surface area contributed by atoms with Crippen molar-refractivity contribution in [1.29, 1.82) is 0 Å². The first-order valence-electron chi connectivity index (χ1n) is 8.76. The van der Waals surface area contributed by atoms with E-state index in [1.54, 1.807) is 23.7 Å². The molecule has 10 heteroatoms. The summed E-state index contributed by atoms with van der Waals surface area (Å²) in [6.07, 6.45) is 1.01. The van der Waals surface area contributed by atoms with Crippen LogP contribution in [0.4, 0.5) is 5.69 Å². The molecular weight excluding hydrogens is 366 g/mol. The van der Waals surface area contributed by atoms with Crippen molar-refractivity contribution >= 4 is 22.8 Å². The van der Waals surface area contributed by atoms with Crippen molar-refractivity contribution in [2.24, 2.45) is 14.1 Å². The number of ether oxygens (including phenoxy) is 2. The largest absolute Gasteiger partial charge is 0.336 e. The highest BCUT2D eigenvalue weighted by Gasteiger charge is 2.55. The highest BCUT2D eigenvalue weighted by atomic mass is 16.8. The number of para-hydroxylation sites is 1. The standard InChI is InChI=1S/C18H17N5O5/c1-21-14-13(15(24)22(2)17(21)26)23(9-19-14)7-10-8-27-18(28-10)11-5-3-4-6-12(11)20-16(18)25/h3-6,9-10H,7-8H2,1-2H3,(H,20,25)/t10-,18+/m0/s1. The quantitative estimate of drug-likeness (QED) is 0.648. The van der Waals surface area contributed by atoms with Gasteiger partial charge < -0.3 is 19.4 Å². The maximum absolute atomic E-state index is 12.6. The van der Waals surface area contributed by atoms with Crippen LogP contribution in [0.25, 0.3) is 11.2 Å². The normalized spacial score (nSPS) is 23.5. The van der Waals surface area contributed by atoms with Crippen molar-refractivity contribution in [2.45, 2.75) is 18.4 Å². The molecule has 1 saturated heterocycles. The smallest absolute Gasteiger partial charge is 0.332 e. The van der Waals surface area contributed by atoms with Crippen molar-refractivity contribution in [3.05, 3.63) is 57.0 Å². The van der Waals surface area contributed by atoms with Crippen LogP contribution >= 0.6 is 0 Å². The lowest BCUT2D eigenvalue weighted by Crippen LogP contribution is -2.38. The second-order valence-corrected chi connectivity index (χ2v) is 6.94. The van der Waals surface area contributed by atoms with E-state index in [2.05, 4.69) is 10.3 Å². The van der Waals surface area contributed by atoms with E-state index in [0.29, 0.717) is 22.4 Å². The molecule has 0 bridgehead atoms. The van der Waals surface area contributed by atoms with E-state index >= 15 is 0 Å². The minimum Gasteiger partial charge on any atom is -0.336 e. The zero-order valence-corrected chi connectivity index (χ0v) is 15.2. The summed E-state index contributed by atoms with van der Waals surface area (Å²) in [5, 5.41) is 2.77. The van der Waals surface area contributed by atoms with Gasteiger partial charge in [-0.15, -0.1) is 0 Å². The zero-order chi connectivity index (χ0) is 19.6. The van der Waals surface area contributed by atoms with Crippen LogP contribution in [-0.2, 0) is 40.7 Å². The Balaban J connectivity index is 1.51. The highest BCUT2D eigenvalue weighted by molar-refractivity contribution is 6.04. The molecule has 4 heterocycles. The number of imidazole rings is 1. The summed E-state index contributed by atoms with van der Waals surface area (Å²) in [6, 6.07) is 7.21. The monoisotopic (exact) mass is 383 g/mol. The molecule has 2 aliphatic heterocycles. The number of hydrogen-bond acceptors (Lipinski definition) is 6. The molecule has 0 saturated carbocycles. The van der Waals surface area contributed by atoms with Crippen molar-refractivity contribution in [3.63, 3.8) is 0 Å². The third-order valence-electron chi connectivity index (χ3n) is 5.25. The molecule has 2 aromatic heterocycles. The molecule has 28 heavy (non-hydrogen) atoms. The molecule has 0 aliphatic carbocycles. The predicted octanol–water partition coefficient (Wildman–Crippen LogP) is -0.346. The highest BCUT2D eigenvalue weighted by Crippen LogP contribution is 2.43. The van der Waals surface area contributed by atoms with Crippen LogP contribution in [0.15, 0.2) is 40.2 Å². The SMILES string of the molecule is Cn1c(=O)c2c(ncn2C[C@H]2CO[C@]3(O2)C(=O)Nc2ccccc23)n(C)c1=O. The van der Waals surface area contributed by atoms with Crippen LogP contribution in [0, 0.1) is 0 Å². The number of hydrogen-bond donors (Lipinski definition) is 1. The van der Waals surface area contributed by atoms with Gasteiger partial charge in [-0.2, -0.15) is 0 Å². The maximum atomic E-state index is 12.6. The van der Waals surface area contributed by atoms with E-state index in [9.17, 15) is 14.4 Å². The first-order valence-corrected chi connectivity index (χ1v) is 8.76. The lowest BCUT2D eigenvalue weighted by atomic mass is 10.1. The van der Waals surface area contributed by atoms with Gasteiger partial charge in [0.25, 0.3) is 17.3 Å². The van der Waals surface area contributed by atoms with Gasteiger partial charge in [0.05, 0.1) is 25.2 Å². The molecule has 0 unspecified atom stereocenters. The summed E-state index contributed by atoms with van der Waals surface area (Å²) in [6.45, 7) is 0.425. The molecular formula is C18H17N5O5. The Hall–Kier alpha value is -3.24. The average Bonchev–Trinajstić information content (AvgIpc) is 3.37. The lowest BCUT2D eigenvalue weighted by Gasteiger charge is -2.20. The molecule has 1 spiro atoms. The van der Waals surface area contributed by atoms with E-state index in [1.807, 2.05) is 12.1 Å². The lowest BCUT2D eigenvalue weighted by molar-refractivity contribution is -0.184. The molecule has 1 N–H and O–H groups in total. The van der Waals surface area contributed by atoms with Crippen molar-refractivity contribution < 1.29 is 14.3 Å². The first kappa shape index (κ1) is 16.9. The maximum Gasteiger partial charge on any atom is 0.332 e. The van der Waals surface area contributed by atoms with Crippen LogP contribution in [0.5, 0.6) is 0 Å². The molecule has 0 radical (unpaired) electrons. The van der Waals surface area contributed by atoms with Crippen LogP contribution in [0.3, 0.4) is 0 Å². The minimum atomic E-state index is -1.48. The van der Waals surface area contributed by atoms with Crippen molar-refractivity contribution in [1.82, 2.24) is 18.7 Å². The molecule has 144 valence electrons. The Labute approximate surface area is 157 Å². The van der Waals surface area contributed by atoms with Gasteiger partial charge in [-0.05, 0) is 6.07 Å². The molecule has 1 fully saturated rings. The van der Waals surface area contributed by atoms with Gasteiger partial charge in [0, 0.05) is 19.7 Å². The van der Waals surface area contributed by atoms with Crippen LogP contribution in [-0.4, -0.2) is 37.3 Å². The fourth-order valence-electron chi connectivity index (χ4n) is 3.82. The third-order valence-corrected chi connectivity index (χ3v) is 5.25. The summed E-state index contributed by atoms with van der Waals surface area (Å²) >= 11 is 0. The van der Waals surface area contributed by atoms with Crippen molar-refractivity contribution in [3.8, 4) is 0 Å². The van der Waals surface area contributed by atoms with Crippen LogP contribution in [0.1, 0.15) is 5.56 Å². The number of aryl methyl sites for hydroxylation is 1. The molecule has 3 aromatic rings. The Kier molecular flexibility index (Phi) is 3.40. The van der Waals surface area contributed by atoms with E-state index in [0.717, 1.165) is 4.57 Å². The number of aromatic nitrogens is 4. The molecule has 10 nitrogen and oxygen atoms in total. The van der Waals surface area contributed by atoms with E-state index < -0.39 is 23.1 Å². The van der Waals surface area contributed by atoms with Gasteiger partial charge >= 0.3 is 5.69 Å². The molecule has 1 amide bonds. The van der Waals surface area contributed by atoms with Gasteiger partial charge in [-0.1, -0.05) is 18.2 Å². The zero-order valence-electron chi connectivity index (χ0n) is 15.2. The van der Waals surface area contributed by atoms with Gasteiger partial charge in [-0.25, -0.2) is 9.78 Å². The number of carbonyl (C=O) groups is 1. The second kappa shape index (κ2) is 5.63. The number of benzene rings is 1. The Morgan fingerprint density at radius 1 is 1.21 bits per heavy atom. The summed E-state index contributed by atoms with van der Waals surface area (Å²) in [4.78, 5) is 41.4.